The van der Waals surface area contributed by atoms with Crippen LogP contribution < -0.4 is 4.74 Å². The van der Waals surface area contributed by atoms with Gasteiger partial charge in [-0.2, -0.15) is 0 Å². The summed E-state index contributed by atoms with van der Waals surface area (Å²) in [6, 6.07) is 17.0. The second-order valence-electron chi connectivity index (χ2n) is 8.22. The summed E-state index contributed by atoms with van der Waals surface area (Å²) in [5.74, 6) is 2.19. The molecule has 2 aromatic carbocycles. The molecule has 0 saturated carbocycles. The lowest BCUT2D eigenvalue weighted by atomic mass is 9.88. The topological polar surface area (TPSA) is 32.8 Å². The van der Waals surface area contributed by atoms with Crippen molar-refractivity contribution in [3.8, 4) is 5.75 Å². The Morgan fingerprint density at radius 2 is 1.79 bits per heavy atom. The second-order valence-corrected chi connectivity index (χ2v) is 8.22. The molecule has 2 saturated heterocycles. The molecule has 2 aliphatic rings. The summed E-state index contributed by atoms with van der Waals surface area (Å²) in [6.07, 6.45) is 0.469. The number of likely N-dealkylation sites (tertiary alicyclic amines) is 2. The van der Waals surface area contributed by atoms with E-state index in [1.54, 1.807) is 0 Å². The molecule has 4 rings (SSSR count). The number of halogens is 1. The average molecular weight is 415 g/mol. The number of nitrogens with zero attached hydrogens (tertiary/aromatic N) is 2. The van der Waals surface area contributed by atoms with Gasteiger partial charge in [0.05, 0.1) is 13.0 Å². The monoisotopic (exact) mass is 414 g/mol. The zero-order valence-electron chi connectivity index (χ0n) is 17.5. The van der Waals surface area contributed by atoms with Crippen molar-refractivity contribution in [2.75, 3.05) is 33.3 Å². The molecule has 3 atom stereocenters. The van der Waals surface area contributed by atoms with Crippen LogP contribution in [0.15, 0.2) is 48.5 Å². The lowest BCUT2D eigenvalue weighted by molar-refractivity contribution is -0.129. The van der Waals surface area contributed by atoms with Crippen molar-refractivity contribution >= 4 is 18.3 Å². The predicted molar refractivity (Wildman–Crippen MR) is 119 cm³/mol. The number of benzene rings is 2. The van der Waals surface area contributed by atoms with Gasteiger partial charge < -0.3 is 9.64 Å². The molecule has 2 fully saturated rings. The lowest BCUT2D eigenvalue weighted by Crippen LogP contribution is -2.34. The molecule has 0 N–H and O–H groups in total. The van der Waals surface area contributed by atoms with E-state index in [0.717, 1.165) is 30.9 Å². The molecule has 0 radical (unpaired) electrons. The number of amides is 1. The molecule has 2 aliphatic heterocycles. The van der Waals surface area contributed by atoms with Crippen LogP contribution in [0.25, 0.3) is 0 Å². The van der Waals surface area contributed by atoms with Crippen LogP contribution in [0.5, 0.6) is 5.75 Å². The molecule has 29 heavy (non-hydrogen) atoms. The molecule has 0 unspecified atom stereocenters. The number of hydrogen-bond acceptors (Lipinski definition) is 3. The van der Waals surface area contributed by atoms with Crippen LogP contribution >= 0.6 is 12.4 Å². The minimum Gasteiger partial charge on any atom is -0.494 e. The van der Waals surface area contributed by atoms with E-state index in [0.29, 0.717) is 30.9 Å². The molecule has 0 spiro atoms. The molecule has 0 aromatic heterocycles. The molecule has 2 heterocycles. The summed E-state index contributed by atoms with van der Waals surface area (Å²) in [5, 5.41) is 0. The number of fused-ring (bicyclic) bond motifs is 1. The highest BCUT2D eigenvalue weighted by molar-refractivity contribution is 5.85. The normalized spacial score (nSPS) is 23.6. The predicted octanol–water partition coefficient (Wildman–Crippen LogP) is 4.12. The van der Waals surface area contributed by atoms with E-state index in [9.17, 15) is 4.79 Å². The highest BCUT2D eigenvalue weighted by Crippen LogP contribution is 2.44. The van der Waals surface area contributed by atoms with Crippen LogP contribution in [-0.2, 0) is 11.2 Å². The van der Waals surface area contributed by atoms with Crippen molar-refractivity contribution in [3.05, 3.63) is 65.2 Å². The van der Waals surface area contributed by atoms with Gasteiger partial charge in [-0.15, -0.1) is 12.4 Å². The maximum Gasteiger partial charge on any atom is 0.227 e. The summed E-state index contributed by atoms with van der Waals surface area (Å²) < 4.78 is 5.49. The molecule has 4 nitrogen and oxygen atoms in total. The van der Waals surface area contributed by atoms with Crippen LogP contribution in [0.1, 0.15) is 29.7 Å². The maximum absolute atomic E-state index is 12.9. The van der Waals surface area contributed by atoms with Crippen molar-refractivity contribution in [1.82, 2.24) is 9.80 Å². The zero-order valence-corrected chi connectivity index (χ0v) is 18.3. The number of rotatable bonds is 5. The summed E-state index contributed by atoms with van der Waals surface area (Å²) in [4.78, 5) is 17.5. The quantitative estimate of drug-likeness (QED) is 0.737. The van der Waals surface area contributed by atoms with E-state index >= 15 is 0 Å². The van der Waals surface area contributed by atoms with E-state index in [4.69, 9.17) is 4.74 Å². The van der Waals surface area contributed by atoms with Crippen LogP contribution in [-0.4, -0.2) is 49.0 Å². The van der Waals surface area contributed by atoms with Crippen molar-refractivity contribution in [3.63, 3.8) is 0 Å². The van der Waals surface area contributed by atoms with Crippen molar-refractivity contribution in [2.45, 2.75) is 26.3 Å². The Bertz CT molecular complexity index is 839. The summed E-state index contributed by atoms with van der Waals surface area (Å²) in [5.41, 5.74) is 3.82. The van der Waals surface area contributed by atoms with E-state index in [1.165, 1.54) is 11.1 Å². The van der Waals surface area contributed by atoms with Gasteiger partial charge in [-0.05, 0) is 55.6 Å². The van der Waals surface area contributed by atoms with Gasteiger partial charge in [-0.1, -0.05) is 36.4 Å². The third-order valence-electron chi connectivity index (χ3n) is 6.34. The minimum absolute atomic E-state index is 0. The van der Waals surface area contributed by atoms with Crippen molar-refractivity contribution in [2.24, 2.45) is 11.8 Å². The Morgan fingerprint density at radius 1 is 1.07 bits per heavy atom. The Balaban J connectivity index is 0.00000240. The molecule has 2 aromatic rings. The van der Waals surface area contributed by atoms with Crippen LogP contribution in [0.3, 0.4) is 0 Å². The molecule has 0 bridgehead atoms. The number of aryl methyl sites for hydroxylation is 1. The van der Waals surface area contributed by atoms with E-state index in [2.05, 4.69) is 48.0 Å². The van der Waals surface area contributed by atoms with Gasteiger partial charge in [0.1, 0.15) is 5.75 Å². The third kappa shape index (κ3) is 4.44. The van der Waals surface area contributed by atoms with Gasteiger partial charge in [0.15, 0.2) is 0 Å². The minimum atomic E-state index is 0. The molecule has 0 aliphatic carbocycles. The van der Waals surface area contributed by atoms with E-state index < -0.39 is 0 Å². The van der Waals surface area contributed by atoms with Gasteiger partial charge in [0.25, 0.3) is 0 Å². The van der Waals surface area contributed by atoms with Crippen LogP contribution in [0.4, 0.5) is 0 Å². The molecule has 5 heteroatoms. The highest BCUT2D eigenvalue weighted by Gasteiger charge is 2.47. The smallest absolute Gasteiger partial charge is 0.227 e. The number of ether oxygens (including phenoxy) is 1. The Morgan fingerprint density at radius 3 is 2.48 bits per heavy atom. The number of carbonyl (C=O) groups excluding carboxylic acids is 1. The fourth-order valence-corrected chi connectivity index (χ4v) is 5.00. The average Bonchev–Trinajstić information content (AvgIpc) is 3.21. The van der Waals surface area contributed by atoms with Gasteiger partial charge >= 0.3 is 0 Å². The van der Waals surface area contributed by atoms with Crippen LogP contribution in [0, 0.1) is 18.8 Å². The fourth-order valence-electron chi connectivity index (χ4n) is 5.00. The highest BCUT2D eigenvalue weighted by atomic mass is 35.5. The molecule has 1 amide bonds. The Kier molecular flexibility index (Phi) is 6.86. The first-order chi connectivity index (χ1) is 13.6. The van der Waals surface area contributed by atoms with Gasteiger partial charge in [0.2, 0.25) is 5.91 Å². The van der Waals surface area contributed by atoms with Crippen LogP contribution in [0.2, 0.25) is 0 Å². The number of carbonyl (C=O) groups is 1. The first kappa shape index (κ1) is 21.7. The molecular weight excluding hydrogens is 384 g/mol. The van der Waals surface area contributed by atoms with Gasteiger partial charge in [0, 0.05) is 31.6 Å². The van der Waals surface area contributed by atoms with Crippen molar-refractivity contribution < 1.29 is 9.53 Å². The SMILES string of the molecule is CCOc1ccc(CC(=O)N2C[C@@H]3CN(C)[C@@H](c4ccccc4C)[C@@H]3C2)cc1.Cl. The van der Waals surface area contributed by atoms with Gasteiger partial charge in [-0.25, -0.2) is 0 Å². The second kappa shape index (κ2) is 9.19. The summed E-state index contributed by atoms with van der Waals surface area (Å²) >= 11 is 0. The van der Waals surface area contributed by atoms with Gasteiger partial charge in [-0.3, -0.25) is 9.69 Å². The lowest BCUT2D eigenvalue weighted by Gasteiger charge is -2.28. The summed E-state index contributed by atoms with van der Waals surface area (Å²) in [7, 11) is 2.22. The maximum atomic E-state index is 12.9. The number of hydrogen-bond donors (Lipinski definition) is 0. The summed E-state index contributed by atoms with van der Waals surface area (Å²) in [6.45, 7) is 7.64. The van der Waals surface area contributed by atoms with E-state index in [1.807, 2.05) is 31.2 Å². The molecule has 156 valence electrons. The first-order valence-corrected chi connectivity index (χ1v) is 10.3. The Labute approximate surface area is 180 Å². The molecular formula is C24H31ClN2O2. The Hall–Kier alpha value is -2.04. The fraction of sp³-hybridized carbons (Fsp3) is 0.458. The standard InChI is InChI=1S/C24H30N2O2.ClH/c1-4-28-20-11-9-18(10-12-20)13-23(27)26-15-19-14-25(3)24(22(19)16-26)21-8-6-5-7-17(21)2;/h5-12,19,22,24H,4,13-16H2,1-3H3;1H/t19-,22+,24-;/m0./s1. The third-order valence-corrected chi connectivity index (χ3v) is 6.34. The zero-order chi connectivity index (χ0) is 19.7. The first-order valence-electron chi connectivity index (χ1n) is 10.3. The van der Waals surface area contributed by atoms with E-state index in [-0.39, 0.29) is 18.3 Å². The largest absolute Gasteiger partial charge is 0.494 e. The van der Waals surface area contributed by atoms with Crippen molar-refractivity contribution in [1.29, 1.82) is 0 Å².